The van der Waals surface area contributed by atoms with E-state index >= 15 is 0 Å². The van der Waals surface area contributed by atoms with E-state index in [4.69, 9.17) is 18.9 Å². The van der Waals surface area contributed by atoms with Crippen LogP contribution in [0.4, 0.5) is 5.69 Å². The Morgan fingerprint density at radius 1 is 1.00 bits per heavy atom. The van der Waals surface area contributed by atoms with Gasteiger partial charge in [0, 0.05) is 17.3 Å². The van der Waals surface area contributed by atoms with Crippen molar-refractivity contribution in [1.82, 2.24) is 0 Å². The number of hydrogen-bond acceptors (Lipinski definition) is 7. The molecule has 8 nitrogen and oxygen atoms in total. The van der Waals surface area contributed by atoms with Crippen LogP contribution < -0.4 is 23.8 Å². The molecular weight excluding hydrogens is 450 g/mol. The lowest BCUT2D eigenvalue weighted by atomic mass is 9.95. The van der Waals surface area contributed by atoms with Crippen LogP contribution in [0.25, 0.3) is 5.76 Å². The maximum atomic E-state index is 13.4. The summed E-state index contributed by atoms with van der Waals surface area (Å²) in [6.45, 7) is 2.40. The Hall–Kier alpha value is -4.46. The van der Waals surface area contributed by atoms with Gasteiger partial charge in [-0.15, -0.1) is 0 Å². The fourth-order valence-electron chi connectivity index (χ4n) is 4.29. The van der Waals surface area contributed by atoms with Crippen molar-refractivity contribution >= 4 is 23.1 Å². The van der Waals surface area contributed by atoms with Crippen LogP contribution in [0.1, 0.15) is 24.1 Å². The summed E-state index contributed by atoms with van der Waals surface area (Å²) in [6.07, 6.45) is 0. The number of carbonyl (C=O) groups excluding carboxylic acids is 2. The molecule has 1 fully saturated rings. The first kappa shape index (κ1) is 22.3. The van der Waals surface area contributed by atoms with Gasteiger partial charge in [0.25, 0.3) is 11.7 Å². The second-order valence-corrected chi connectivity index (χ2v) is 7.94. The predicted molar refractivity (Wildman–Crippen MR) is 128 cm³/mol. The number of amides is 1. The molecule has 5 rings (SSSR count). The Morgan fingerprint density at radius 2 is 1.77 bits per heavy atom. The lowest BCUT2D eigenvalue weighted by Gasteiger charge is -2.26. The van der Waals surface area contributed by atoms with Crippen molar-refractivity contribution in [2.45, 2.75) is 13.0 Å². The third kappa shape index (κ3) is 3.93. The van der Waals surface area contributed by atoms with Crippen LogP contribution in [0, 0.1) is 0 Å². The summed E-state index contributed by atoms with van der Waals surface area (Å²) < 4.78 is 21.7. The van der Waals surface area contributed by atoms with Crippen LogP contribution in [0.15, 0.2) is 72.3 Å². The van der Waals surface area contributed by atoms with Gasteiger partial charge in [0.1, 0.15) is 17.3 Å². The van der Waals surface area contributed by atoms with Crippen molar-refractivity contribution in [3.8, 4) is 23.0 Å². The number of aliphatic hydroxyl groups excluding tert-OH is 1. The van der Waals surface area contributed by atoms with Gasteiger partial charge in [-0.2, -0.15) is 0 Å². The molecule has 0 aromatic heterocycles. The SMILES string of the molecule is CCOc1cccc(C2/C(=C(\O)c3ccc(OC)cc3)C(=O)C(=O)N2c2ccc3c(c2)OCO3)c1. The number of Topliss-reactive ketones (excluding diaryl/α,β-unsaturated/α-hetero) is 1. The van der Waals surface area contributed by atoms with Gasteiger partial charge in [-0.3, -0.25) is 14.5 Å². The Kier molecular flexibility index (Phi) is 5.78. The van der Waals surface area contributed by atoms with Crippen LogP contribution in [0.3, 0.4) is 0 Å². The average Bonchev–Trinajstić information content (AvgIpc) is 3.46. The molecule has 1 amide bonds. The molecule has 1 unspecified atom stereocenters. The van der Waals surface area contributed by atoms with Crippen molar-refractivity contribution in [3.63, 3.8) is 0 Å². The number of ether oxygens (including phenoxy) is 4. The van der Waals surface area contributed by atoms with Gasteiger partial charge < -0.3 is 24.1 Å². The molecule has 178 valence electrons. The zero-order valence-electron chi connectivity index (χ0n) is 19.2. The molecule has 0 bridgehead atoms. The molecule has 1 saturated heterocycles. The first-order valence-electron chi connectivity index (χ1n) is 11.1. The molecule has 0 saturated carbocycles. The second kappa shape index (κ2) is 9.06. The van der Waals surface area contributed by atoms with Gasteiger partial charge in [-0.1, -0.05) is 12.1 Å². The standard InChI is InChI=1S/C27H23NO7/c1-3-33-20-6-4-5-17(13-20)24-23(25(29)16-7-10-19(32-2)11-8-16)26(30)27(31)28(24)18-9-12-21-22(14-18)35-15-34-21/h4-14,24,29H,3,15H2,1-2H3/b25-23+. The van der Waals surface area contributed by atoms with Crippen LogP contribution in [0.2, 0.25) is 0 Å². The molecule has 3 aromatic carbocycles. The summed E-state index contributed by atoms with van der Waals surface area (Å²) in [5, 5.41) is 11.3. The average molecular weight is 473 g/mol. The van der Waals surface area contributed by atoms with E-state index in [1.807, 2.05) is 6.92 Å². The number of hydrogen-bond donors (Lipinski definition) is 1. The number of carbonyl (C=O) groups is 2. The largest absolute Gasteiger partial charge is 0.507 e. The molecule has 35 heavy (non-hydrogen) atoms. The van der Waals surface area contributed by atoms with Gasteiger partial charge in [-0.25, -0.2) is 0 Å². The number of rotatable bonds is 6. The highest BCUT2D eigenvalue weighted by atomic mass is 16.7. The number of methoxy groups -OCH3 is 1. The summed E-state index contributed by atoms with van der Waals surface area (Å²) >= 11 is 0. The van der Waals surface area contributed by atoms with Crippen molar-refractivity contribution in [3.05, 3.63) is 83.4 Å². The number of anilines is 1. The van der Waals surface area contributed by atoms with E-state index < -0.39 is 17.7 Å². The number of benzene rings is 3. The van der Waals surface area contributed by atoms with Gasteiger partial charge in [0.2, 0.25) is 6.79 Å². The first-order chi connectivity index (χ1) is 17.0. The van der Waals surface area contributed by atoms with Crippen LogP contribution in [0.5, 0.6) is 23.0 Å². The molecule has 2 aliphatic rings. The molecule has 3 aromatic rings. The molecule has 0 radical (unpaired) electrons. The molecule has 8 heteroatoms. The molecule has 2 heterocycles. The topological polar surface area (TPSA) is 94.5 Å². The zero-order chi connectivity index (χ0) is 24.5. The minimum atomic E-state index is -0.891. The monoisotopic (exact) mass is 473 g/mol. The molecule has 1 atom stereocenters. The molecule has 0 aliphatic carbocycles. The predicted octanol–water partition coefficient (Wildman–Crippen LogP) is 4.45. The van der Waals surface area contributed by atoms with E-state index in [0.29, 0.717) is 46.4 Å². The summed E-state index contributed by atoms with van der Waals surface area (Å²) in [5.74, 6) is 0.392. The minimum Gasteiger partial charge on any atom is -0.507 e. The lowest BCUT2D eigenvalue weighted by Crippen LogP contribution is -2.29. The van der Waals surface area contributed by atoms with E-state index in [9.17, 15) is 14.7 Å². The van der Waals surface area contributed by atoms with E-state index in [2.05, 4.69) is 0 Å². The molecule has 2 aliphatic heterocycles. The van der Waals surface area contributed by atoms with E-state index in [-0.39, 0.29) is 18.1 Å². The first-order valence-corrected chi connectivity index (χ1v) is 11.1. The third-order valence-electron chi connectivity index (χ3n) is 5.93. The molecule has 0 spiro atoms. The van der Waals surface area contributed by atoms with Crippen molar-refractivity contribution in [2.75, 3.05) is 25.4 Å². The van der Waals surface area contributed by atoms with Gasteiger partial charge in [0.05, 0.1) is 25.3 Å². The number of fused-ring (bicyclic) bond motifs is 1. The normalized spacial score (nSPS) is 18.1. The van der Waals surface area contributed by atoms with E-state index in [1.54, 1.807) is 66.7 Å². The summed E-state index contributed by atoms with van der Waals surface area (Å²) in [6, 6.07) is 17.9. The highest BCUT2D eigenvalue weighted by Gasteiger charge is 2.47. The lowest BCUT2D eigenvalue weighted by molar-refractivity contribution is -0.132. The maximum absolute atomic E-state index is 13.4. The fraction of sp³-hybridized carbons (Fsp3) is 0.185. The number of nitrogens with zero attached hydrogens (tertiary/aromatic N) is 1. The van der Waals surface area contributed by atoms with Crippen LogP contribution in [-0.4, -0.2) is 37.3 Å². The highest BCUT2D eigenvalue weighted by Crippen LogP contribution is 2.45. The highest BCUT2D eigenvalue weighted by molar-refractivity contribution is 6.51. The summed E-state index contributed by atoms with van der Waals surface area (Å²) in [4.78, 5) is 28.1. The Labute approximate surface area is 201 Å². The maximum Gasteiger partial charge on any atom is 0.300 e. The van der Waals surface area contributed by atoms with Gasteiger partial charge in [-0.05, 0) is 61.0 Å². The Balaban J connectivity index is 1.68. The quantitative estimate of drug-likeness (QED) is 0.321. The second-order valence-electron chi connectivity index (χ2n) is 7.94. The summed E-state index contributed by atoms with van der Waals surface area (Å²) in [5.41, 5.74) is 1.42. The Bertz CT molecular complexity index is 1330. The van der Waals surface area contributed by atoms with Crippen LogP contribution in [-0.2, 0) is 9.59 Å². The van der Waals surface area contributed by atoms with Crippen molar-refractivity contribution < 1.29 is 33.6 Å². The summed E-state index contributed by atoms with van der Waals surface area (Å²) in [7, 11) is 1.54. The molecular formula is C27H23NO7. The van der Waals surface area contributed by atoms with E-state index in [0.717, 1.165) is 0 Å². The Morgan fingerprint density at radius 3 is 2.51 bits per heavy atom. The third-order valence-corrected chi connectivity index (χ3v) is 5.93. The smallest absolute Gasteiger partial charge is 0.300 e. The van der Waals surface area contributed by atoms with Gasteiger partial charge >= 0.3 is 0 Å². The zero-order valence-corrected chi connectivity index (χ0v) is 19.2. The van der Waals surface area contributed by atoms with Crippen molar-refractivity contribution in [1.29, 1.82) is 0 Å². The minimum absolute atomic E-state index is 0.0218. The van der Waals surface area contributed by atoms with E-state index in [1.165, 1.54) is 12.0 Å². The van der Waals surface area contributed by atoms with Crippen LogP contribution >= 0.6 is 0 Å². The number of aliphatic hydroxyl groups is 1. The van der Waals surface area contributed by atoms with Gasteiger partial charge in [0.15, 0.2) is 11.5 Å². The number of ketones is 1. The fourth-order valence-corrected chi connectivity index (χ4v) is 4.29. The van der Waals surface area contributed by atoms with Crippen molar-refractivity contribution in [2.24, 2.45) is 0 Å². The molecule has 1 N–H and O–H groups in total.